The molecular weight excluding hydrogens is 494 g/mol. The first-order valence-electron chi connectivity index (χ1n) is 11.1. The molecular formula is C24H27NO8S2. The fourth-order valence-corrected chi connectivity index (χ4v) is 5.63. The number of fused-ring (bicyclic) bond motifs is 1. The lowest BCUT2D eigenvalue weighted by Crippen LogP contribution is -2.42. The third-order valence-corrected chi connectivity index (χ3v) is 7.77. The van der Waals surface area contributed by atoms with Crippen LogP contribution in [0.4, 0.5) is 4.79 Å². The Morgan fingerprint density at radius 1 is 1.14 bits per heavy atom. The Balaban J connectivity index is 1.44. The van der Waals surface area contributed by atoms with Crippen molar-refractivity contribution in [2.45, 2.75) is 57.8 Å². The molecule has 2 aliphatic rings. The van der Waals surface area contributed by atoms with Crippen molar-refractivity contribution < 1.29 is 36.2 Å². The minimum absolute atomic E-state index is 0.130. The molecule has 2 aliphatic heterocycles. The smallest absolute Gasteiger partial charge is 0.446 e. The van der Waals surface area contributed by atoms with Gasteiger partial charge < -0.3 is 13.7 Å². The summed E-state index contributed by atoms with van der Waals surface area (Å²) in [5.74, 6) is 1.20. The van der Waals surface area contributed by atoms with Gasteiger partial charge in [-0.3, -0.25) is 19.5 Å². The van der Waals surface area contributed by atoms with E-state index in [0.717, 1.165) is 28.5 Å². The Labute approximate surface area is 208 Å². The van der Waals surface area contributed by atoms with Gasteiger partial charge in [0.25, 0.3) is 5.24 Å². The second kappa shape index (κ2) is 9.36. The van der Waals surface area contributed by atoms with E-state index in [0.29, 0.717) is 48.5 Å². The third-order valence-electron chi connectivity index (χ3n) is 6.41. The van der Waals surface area contributed by atoms with Gasteiger partial charge in [0, 0.05) is 11.1 Å². The van der Waals surface area contributed by atoms with Gasteiger partial charge in [0.1, 0.15) is 23.7 Å². The molecule has 2 amide bonds. The van der Waals surface area contributed by atoms with Crippen LogP contribution >= 0.6 is 11.8 Å². The summed E-state index contributed by atoms with van der Waals surface area (Å²) >= 11 is 1.00. The van der Waals surface area contributed by atoms with Gasteiger partial charge in [-0.1, -0.05) is 23.9 Å². The SMILES string of the molecule is Cc1c(C)c2c(c(C)c1OS(=O)(=O)O)CCC(C)(COc1ccc(CC3SC(=O)NC3=O)cc1)O2. The summed E-state index contributed by atoms with van der Waals surface area (Å²) in [7, 11) is -4.64. The highest BCUT2D eigenvalue weighted by atomic mass is 32.3. The van der Waals surface area contributed by atoms with Crippen molar-refractivity contribution in [2.75, 3.05) is 6.61 Å². The first-order valence-corrected chi connectivity index (χ1v) is 13.3. The van der Waals surface area contributed by atoms with E-state index in [1.807, 2.05) is 38.1 Å². The van der Waals surface area contributed by atoms with E-state index in [1.54, 1.807) is 13.8 Å². The van der Waals surface area contributed by atoms with Gasteiger partial charge in [-0.2, -0.15) is 8.42 Å². The molecule has 1 fully saturated rings. The number of carbonyl (C=O) groups is 2. The Kier molecular flexibility index (Phi) is 6.78. The van der Waals surface area contributed by atoms with Crippen molar-refractivity contribution in [3.63, 3.8) is 0 Å². The molecule has 2 aromatic rings. The van der Waals surface area contributed by atoms with Gasteiger partial charge in [-0.05, 0) is 75.8 Å². The highest BCUT2D eigenvalue weighted by Crippen LogP contribution is 2.44. The average molecular weight is 522 g/mol. The lowest BCUT2D eigenvalue weighted by atomic mass is 9.87. The van der Waals surface area contributed by atoms with Crippen molar-refractivity contribution in [3.05, 3.63) is 52.1 Å². The summed E-state index contributed by atoms with van der Waals surface area (Å²) in [5.41, 5.74) is 3.11. The number of thioether (sulfide) groups is 1. The summed E-state index contributed by atoms with van der Waals surface area (Å²) in [5, 5.41) is 1.56. The van der Waals surface area contributed by atoms with Crippen LogP contribution in [0.5, 0.6) is 17.2 Å². The lowest BCUT2D eigenvalue weighted by molar-refractivity contribution is -0.118. The maximum atomic E-state index is 11.8. The maximum Gasteiger partial charge on any atom is 0.446 e. The third kappa shape index (κ3) is 5.57. The molecule has 0 saturated carbocycles. The molecule has 0 spiro atoms. The zero-order chi connectivity index (χ0) is 25.5. The highest BCUT2D eigenvalue weighted by Gasteiger charge is 2.36. The second-order valence-electron chi connectivity index (χ2n) is 9.09. The van der Waals surface area contributed by atoms with Gasteiger partial charge >= 0.3 is 10.4 Å². The van der Waals surface area contributed by atoms with Gasteiger partial charge in [0.15, 0.2) is 5.75 Å². The summed E-state index contributed by atoms with van der Waals surface area (Å²) in [6.07, 6.45) is 1.72. The maximum absolute atomic E-state index is 11.8. The van der Waals surface area contributed by atoms with Crippen LogP contribution < -0.4 is 19.0 Å². The van der Waals surface area contributed by atoms with E-state index in [4.69, 9.17) is 18.2 Å². The first kappa shape index (κ1) is 25.3. The molecule has 2 atom stereocenters. The summed E-state index contributed by atoms with van der Waals surface area (Å²) in [6.45, 7) is 7.55. The van der Waals surface area contributed by atoms with Crippen molar-refractivity contribution in [2.24, 2.45) is 0 Å². The number of amides is 2. The van der Waals surface area contributed by atoms with Gasteiger partial charge in [0.2, 0.25) is 5.91 Å². The van der Waals surface area contributed by atoms with Crippen LogP contribution in [-0.4, -0.2) is 41.6 Å². The predicted octanol–water partition coefficient (Wildman–Crippen LogP) is 3.85. The predicted molar refractivity (Wildman–Crippen MR) is 131 cm³/mol. The van der Waals surface area contributed by atoms with Crippen LogP contribution in [0.25, 0.3) is 0 Å². The topological polar surface area (TPSA) is 128 Å². The Hall–Kier alpha value is -2.76. The minimum atomic E-state index is -4.64. The van der Waals surface area contributed by atoms with E-state index in [1.165, 1.54) is 0 Å². The van der Waals surface area contributed by atoms with Crippen LogP contribution in [0.3, 0.4) is 0 Å². The molecule has 0 radical (unpaired) electrons. The molecule has 2 N–H and O–H groups in total. The molecule has 2 unspecified atom stereocenters. The van der Waals surface area contributed by atoms with Crippen LogP contribution in [0.1, 0.15) is 41.2 Å². The highest BCUT2D eigenvalue weighted by molar-refractivity contribution is 8.15. The fourth-order valence-electron chi connectivity index (χ4n) is 4.31. The molecule has 0 bridgehead atoms. The Bertz CT molecular complexity index is 1290. The minimum Gasteiger partial charge on any atom is -0.489 e. The monoisotopic (exact) mass is 521 g/mol. The zero-order valence-corrected chi connectivity index (χ0v) is 21.5. The summed E-state index contributed by atoms with van der Waals surface area (Å²) in [6, 6.07) is 7.40. The second-order valence-corrected chi connectivity index (χ2v) is 11.3. The summed E-state index contributed by atoms with van der Waals surface area (Å²) < 4.78 is 49.0. The molecule has 2 heterocycles. The van der Waals surface area contributed by atoms with Crippen molar-refractivity contribution in [1.82, 2.24) is 5.32 Å². The summed E-state index contributed by atoms with van der Waals surface area (Å²) in [4.78, 5) is 23.1. The fraction of sp³-hybridized carbons (Fsp3) is 0.417. The van der Waals surface area contributed by atoms with E-state index in [2.05, 4.69) is 5.32 Å². The number of carbonyl (C=O) groups excluding carboxylic acids is 2. The van der Waals surface area contributed by atoms with Gasteiger partial charge in [-0.15, -0.1) is 0 Å². The molecule has 0 aromatic heterocycles. The largest absolute Gasteiger partial charge is 0.489 e. The van der Waals surface area contributed by atoms with E-state index in [9.17, 15) is 18.0 Å². The van der Waals surface area contributed by atoms with Gasteiger partial charge in [-0.25, -0.2) is 0 Å². The van der Waals surface area contributed by atoms with Crippen LogP contribution in [-0.2, 0) is 28.0 Å². The normalized spacial score (nSPS) is 21.8. The van der Waals surface area contributed by atoms with Crippen molar-refractivity contribution >= 4 is 33.3 Å². The zero-order valence-electron chi connectivity index (χ0n) is 19.8. The van der Waals surface area contributed by atoms with Crippen LogP contribution in [0, 0.1) is 20.8 Å². The number of rotatable bonds is 7. The lowest BCUT2D eigenvalue weighted by Gasteiger charge is -2.37. The molecule has 2 aromatic carbocycles. The molecule has 35 heavy (non-hydrogen) atoms. The van der Waals surface area contributed by atoms with Crippen LogP contribution in [0.15, 0.2) is 24.3 Å². The number of benzene rings is 2. The molecule has 9 nitrogen and oxygen atoms in total. The quantitative estimate of drug-likeness (QED) is 0.522. The molecule has 11 heteroatoms. The Morgan fingerprint density at radius 2 is 1.83 bits per heavy atom. The number of hydrogen-bond donors (Lipinski definition) is 2. The van der Waals surface area contributed by atoms with E-state index >= 15 is 0 Å². The van der Waals surface area contributed by atoms with E-state index in [-0.39, 0.29) is 16.9 Å². The number of ether oxygens (including phenoxy) is 2. The molecule has 4 rings (SSSR count). The number of imide groups is 1. The van der Waals surface area contributed by atoms with E-state index < -0.39 is 21.2 Å². The van der Waals surface area contributed by atoms with Crippen molar-refractivity contribution in [1.29, 1.82) is 0 Å². The van der Waals surface area contributed by atoms with Crippen molar-refractivity contribution in [3.8, 4) is 17.2 Å². The standard InChI is InChI=1S/C24H27NO8S2/c1-13-14(2)21-18(15(3)20(13)33-35(28,29)30)9-10-24(4,32-21)12-31-17-7-5-16(6-8-17)11-19-22(26)25-23(27)34-19/h5-8,19H,9-12H2,1-4H3,(H,25,26,27)(H,28,29,30). The van der Waals surface area contributed by atoms with Crippen LogP contribution in [0.2, 0.25) is 0 Å². The van der Waals surface area contributed by atoms with Gasteiger partial charge in [0.05, 0.1) is 5.25 Å². The molecule has 0 aliphatic carbocycles. The molecule has 1 saturated heterocycles. The number of hydrogen-bond acceptors (Lipinski definition) is 8. The average Bonchev–Trinajstić information content (AvgIpc) is 3.10. The molecule has 188 valence electrons. The first-order chi connectivity index (χ1) is 16.3. The number of nitrogens with one attached hydrogen (secondary N) is 1. The Morgan fingerprint density at radius 3 is 2.43 bits per heavy atom.